The van der Waals surface area contributed by atoms with Crippen molar-refractivity contribution in [2.24, 2.45) is 5.41 Å². The summed E-state index contributed by atoms with van der Waals surface area (Å²) >= 11 is 0. The number of hydrogen-bond acceptors (Lipinski definition) is 6. The van der Waals surface area contributed by atoms with E-state index in [1.54, 1.807) is 0 Å². The summed E-state index contributed by atoms with van der Waals surface area (Å²) in [5.74, 6) is 0.0512. The minimum Gasteiger partial charge on any atom is -0.381 e. The van der Waals surface area contributed by atoms with Crippen molar-refractivity contribution in [2.75, 3.05) is 25.5 Å². The predicted octanol–water partition coefficient (Wildman–Crippen LogP) is 0.154. The zero-order valence-electron chi connectivity index (χ0n) is 10.8. The van der Waals surface area contributed by atoms with Crippen molar-refractivity contribution in [2.45, 2.75) is 24.7 Å². The van der Waals surface area contributed by atoms with Crippen LogP contribution in [-0.4, -0.2) is 38.1 Å². The molecule has 1 saturated heterocycles. The third-order valence-electron chi connectivity index (χ3n) is 3.35. The zero-order chi connectivity index (χ0) is 13.9. The smallest absolute Gasteiger partial charge is 0.243 e. The second-order valence-corrected chi connectivity index (χ2v) is 6.79. The molecular formula is C11H18N4O3S. The highest BCUT2D eigenvalue weighted by atomic mass is 32.2. The number of hydrogen-bond donors (Lipinski definition) is 2. The van der Waals surface area contributed by atoms with Gasteiger partial charge < -0.3 is 10.5 Å². The molecule has 0 amide bonds. The Morgan fingerprint density at radius 3 is 2.53 bits per heavy atom. The molecule has 1 aliphatic heterocycles. The van der Waals surface area contributed by atoms with Crippen LogP contribution in [0.2, 0.25) is 0 Å². The Kier molecular flexibility index (Phi) is 4.02. The molecule has 2 heterocycles. The summed E-state index contributed by atoms with van der Waals surface area (Å²) in [5.41, 5.74) is 5.26. The molecule has 106 valence electrons. The van der Waals surface area contributed by atoms with Gasteiger partial charge >= 0.3 is 0 Å². The molecule has 19 heavy (non-hydrogen) atoms. The van der Waals surface area contributed by atoms with Crippen LogP contribution in [0.15, 0.2) is 17.3 Å². The molecule has 0 aliphatic carbocycles. The molecule has 0 saturated carbocycles. The second kappa shape index (κ2) is 5.40. The molecule has 0 unspecified atom stereocenters. The van der Waals surface area contributed by atoms with Gasteiger partial charge in [-0.1, -0.05) is 6.92 Å². The molecule has 2 rings (SSSR count). The van der Waals surface area contributed by atoms with Crippen molar-refractivity contribution in [3.8, 4) is 0 Å². The molecule has 0 aromatic carbocycles. The number of sulfonamides is 1. The van der Waals surface area contributed by atoms with Gasteiger partial charge in [0, 0.05) is 19.8 Å². The lowest BCUT2D eigenvalue weighted by Crippen LogP contribution is -2.39. The van der Waals surface area contributed by atoms with Gasteiger partial charge in [-0.05, 0) is 18.3 Å². The second-order valence-electron chi connectivity index (χ2n) is 5.02. The maximum atomic E-state index is 12.1. The lowest BCUT2D eigenvalue weighted by molar-refractivity contribution is 0.0264. The molecule has 1 aromatic heterocycles. The molecule has 3 N–H and O–H groups in total. The number of ether oxygens (including phenoxy) is 1. The van der Waals surface area contributed by atoms with Crippen molar-refractivity contribution in [3.05, 3.63) is 12.4 Å². The van der Waals surface area contributed by atoms with Crippen LogP contribution in [0.5, 0.6) is 0 Å². The third kappa shape index (κ3) is 3.62. The highest BCUT2D eigenvalue weighted by Crippen LogP contribution is 2.29. The van der Waals surface area contributed by atoms with Crippen LogP contribution in [-0.2, 0) is 14.8 Å². The summed E-state index contributed by atoms with van der Waals surface area (Å²) in [6, 6.07) is 0. The van der Waals surface area contributed by atoms with Crippen LogP contribution in [0, 0.1) is 5.41 Å². The topological polar surface area (TPSA) is 107 Å². The minimum absolute atomic E-state index is 0.0253. The van der Waals surface area contributed by atoms with E-state index >= 15 is 0 Å². The van der Waals surface area contributed by atoms with E-state index < -0.39 is 10.0 Å². The summed E-state index contributed by atoms with van der Waals surface area (Å²) in [5, 5.41) is 0. The summed E-state index contributed by atoms with van der Waals surface area (Å²) in [6.07, 6.45) is 4.09. The van der Waals surface area contributed by atoms with Crippen molar-refractivity contribution in [1.29, 1.82) is 0 Å². The fourth-order valence-electron chi connectivity index (χ4n) is 1.86. The number of nitrogens with zero attached hydrogens (tertiary/aromatic N) is 2. The summed E-state index contributed by atoms with van der Waals surface area (Å²) in [7, 11) is -3.59. The fraction of sp³-hybridized carbons (Fsp3) is 0.636. The van der Waals surface area contributed by atoms with E-state index in [0.29, 0.717) is 19.8 Å². The molecule has 1 fully saturated rings. The Bertz CT molecular complexity index is 523. The van der Waals surface area contributed by atoms with Gasteiger partial charge in [-0.2, -0.15) is 0 Å². The number of nitrogens with one attached hydrogen (secondary N) is 1. The first-order valence-corrected chi connectivity index (χ1v) is 7.55. The minimum atomic E-state index is -3.59. The average molecular weight is 286 g/mol. The summed E-state index contributed by atoms with van der Waals surface area (Å²) < 4.78 is 32.0. The Balaban J connectivity index is 2.03. The van der Waals surface area contributed by atoms with Crippen LogP contribution >= 0.6 is 0 Å². The molecule has 0 spiro atoms. The van der Waals surface area contributed by atoms with E-state index in [4.69, 9.17) is 10.5 Å². The standard InChI is InChI=1S/C11H18N4O3S/c1-11(2-4-18-5-3-11)8-15-19(16,17)9-6-13-10(12)14-7-9/h6-7,15H,2-5,8H2,1H3,(H2,12,13,14). The molecular weight excluding hydrogens is 268 g/mol. The van der Waals surface area contributed by atoms with Crippen LogP contribution < -0.4 is 10.5 Å². The quantitative estimate of drug-likeness (QED) is 0.816. The monoisotopic (exact) mass is 286 g/mol. The Labute approximate surface area is 112 Å². The average Bonchev–Trinajstić information content (AvgIpc) is 2.38. The summed E-state index contributed by atoms with van der Waals surface area (Å²) in [4.78, 5) is 7.40. The van der Waals surface area contributed by atoms with E-state index in [9.17, 15) is 8.42 Å². The first-order valence-electron chi connectivity index (χ1n) is 6.06. The van der Waals surface area contributed by atoms with Crippen LogP contribution in [0.25, 0.3) is 0 Å². The Morgan fingerprint density at radius 1 is 1.37 bits per heavy atom. The number of nitrogen functional groups attached to an aromatic ring is 1. The van der Waals surface area contributed by atoms with Gasteiger partial charge in [0.1, 0.15) is 4.90 Å². The van der Waals surface area contributed by atoms with Crippen LogP contribution in [0.3, 0.4) is 0 Å². The van der Waals surface area contributed by atoms with Gasteiger partial charge in [-0.3, -0.25) is 0 Å². The molecule has 0 bridgehead atoms. The van der Waals surface area contributed by atoms with Crippen molar-refractivity contribution in [3.63, 3.8) is 0 Å². The van der Waals surface area contributed by atoms with E-state index in [0.717, 1.165) is 12.8 Å². The lowest BCUT2D eigenvalue weighted by Gasteiger charge is -2.33. The van der Waals surface area contributed by atoms with Gasteiger partial charge in [-0.25, -0.2) is 23.1 Å². The zero-order valence-corrected chi connectivity index (χ0v) is 11.6. The Hall–Kier alpha value is -1.25. The van der Waals surface area contributed by atoms with E-state index in [-0.39, 0.29) is 16.3 Å². The molecule has 7 nitrogen and oxygen atoms in total. The molecule has 8 heteroatoms. The number of rotatable bonds is 4. The maximum absolute atomic E-state index is 12.1. The van der Waals surface area contributed by atoms with Gasteiger partial charge in [0.05, 0.1) is 12.4 Å². The molecule has 0 atom stereocenters. The highest BCUT2D eigenvalue weighted by molar-refractivity contribution is 7.89. The summed E-state index contributed by atoms with van der Waals surface area (Å²) in [6.45, 7) is 3.77. The van der Waals surface area contributed by atoms with E-state index in [1.165, 1.54) is 12.4 Å². The first kappa shape index (κ1) is 14.2. The van der Waals surface area contributed by atoms with E-state index in [2.05, 4.69) is 21.6 Å². The predicted molar refractivity (Wildman–Crippen MR) is 69.8 cm³/mol. The van der Waals surface area contributed by atoms with Gasteiger partial charge in [0.15, 0.2) is 0 Å². The Morgan fingerprint density at radius 2 is 1.95 bits per heavy atom. The van der Waals surface area contributed by atoms with Crippen LogP contribution in [0.4, 0.5) is 5.95 Å². The fourth-order valence-corrected chi connectivity index (χ4v) is 2.95. The molecule has 1 aromatic rings. The van der Waals surface area contributed by atoms with Gasteiger partial charge in [0.25, 0.3) is 0 Å². The van der Waals surface area contributed by atoms with Gasteiger partial charge in [0.2, 0.25) is 16.0 Å². The van der Waals surface area contributed by atoms with E-state index in [1.807, 2.05) is 0 Å². The normalized spacial score (nSPS) is 19.2. The molecule has 1 aliphatic rings. The maximum Gasteiger partial charge on any atom is 0.243 e. The number of aromatic nitrogens is 2. The van der Waals surface area contributed by atoms with Crippen LogP contribution in [0.1, 0.15) is 19.8 Å². The largest absolute Gasteiger partial charge is 0.381 e. The van der Waals surface area contributed by atoms with Gasteiger partial charge in [-0.15, -0.1) is 0 Å². The number of nitrogens with two attached hydrogens (primary N) is 1. The van der Waals surface area contributed by atoms with Crippen molar-refractivity contribution in [1.82, 2.24) is 14.7 Å². The molecule has 0 radical (unpaired) electrons. The highest BCUT2D eigenvalue weighted by Gasteiger charge is 2.29. The number of anilines is 1. The lowest BCUT2D eigenvalue weighted by atomic mass is 9.83. The third-order valence-corrected chi connectivity index (χ3v) is 4.70. The van der Waals surface area contributed by atoms with Crippen molar-refractivity contribution >= 4 is 16.0 Å². The van der Waals surface area contributed by atoms with Crippen molar-refractivity contribution < 1.29 is 13.2 Å². The first-order chi connectivity index (χ1) is 8.91. The SMILES string of the molecule is CC1(CNS(=O)(=O)c2cnc(N)nc2)CCOCC1.